The number of nitrogen functional groups attached to an aromatic ring is 1. The summed E-state index contributed by atoms with van der Waals surface area (Å²) in [5.41, 5.74) is 2.79. The minimum Gasteiger partial charge on any atom is -0.459 e. The lowest BCUT2D eigenvalue weighted by atomic mass is 10.0. The van der Waals surface area contributed by atoms with E-state index in [1.165, 1.54) is 25.5 Å². The van der Waals surface area contributed by atoms with Crippen molar-refractivity contribution in [3.63, 3.8) is 0 Å². The lowest BCUT2D eigenvalue weighted by Crippen LogP contribution is -2.30. The summed E-state index contributed by atoms with van der Waals surface area (Å²) in [4.78, 5) is 11.4. The van der Waals surface area contributed by atoms with Crippen molar-refractivity contribution in [2.75, 3.05) is 6.61 Å². The third-order valence-corrected chi connectivity index (χ3v) is 3.24. The smallest absolute Gasteiger partial charge is 0.301 e. The van der Waals surface area contributed by atoms with Crippen LogP contribution in [0.25, 0.3) is 0 Å². The molecule has 1 atom stereocenters. The van der Waals surface area contributed by atoms with Crippen LogP contribution in [-0.2, 0) is 11.3 Å². The van der Waals surface area contributed by atoms with E-state index in [9.17, 15) is 4.79 Å². The number of hydrogen-bond acceptors (Lipinski definition) is 4. The van der Waals surface area contributed by atoms with Gasteiger partial charge < -0.3 is 9.15 Å². The van der Waals surface area contributed by atoms with Gasteiger partial charge in [0.2, 0.25) is 0 Å². The fourth-order valence-electron chi connectivity index (χ4n) is 1.95. The molecule has 0 saturated carbocycles. The Kier molecular flexibility index (Phi) is 7.22. The molecule has 1 aromatic heterocycles. The van der Waals surface area contributed by atoms with Crippen LogP contribution in [0.15, 0.2) is 16.7 Å². The van der Waals surface area contributed by atoms with Crippen LogP contribution in [0.5, 0.6) is 0 Å². The predicted molar refractivity (Wildman–Crippen MR) is 73.3 cm³/mol. The van der Waals surface area contributed by atoms with Crippen molar-refractivity contribution in [2.24, 2.45) is 11.8 Å². The van der Waals surface area contributed by atoms with Crippen LogP contribution in [0.2, 0.25) is 0 Å². The Labute approximate surface area is 114 Å². The fourth-order valence-corrected chi connectivity index (χ4v) is 1.95. The second kappa shape index (κ2) is 8.72. The first-order chi connectivity index (χ1) is 9.22. The molecule has 19 heavy (non-hydrogen) atoms. The van der Waals surface area contributed by atoms with Gasteiger partial charge in [0.15, 0.2) is 5.76 Å². The summed E-state index contributed by atoms with van der Waals surface area (Å²) in [6, 6.07) is 1.73. The van der Waals surface area contributed by atoms with Crippen LogP contribution in [0.4, 0.5) is 0 Å². The monoisotopic (exact) mass is 268 g/mol. The van der Waals surface area contributed by atoms with Gasteiger partial charge in [0.1, 0.15) is 0 Å². The molecular formula is C14H24N2O3. The van der Waals surface area contributed by atoms with E-state index in [0.29, 0.717) is 19.1 Å². The molecule has 1 rings (SSSR count). The van der Waals surface area contributed by atoms with Crippen LogP contribution in [-0.4, -0.2) is 12.5 Å². The molecule has 108 valence electrons. The summed E-state index contributed by atoms with van der Waals surface area (Å²) >= 11 is 0. The molecule has 0 saturated heterocycles. The molecule has 1 unspecified atom stereocenters. The highest BCUT2D eigenvalue weighted by atomic mass is 16.5. The Morgan fingerprint density at radius 3 is 2.95 bits per heavy atom. The first kappa shape index (κ1) is 15.7. The van der Waals surface area contributed by atoms with Gasteiger partial charge in [-0.1, -0.05) is 33.1 Å². The molecule has 0 aliphatic rings. The standard InChI is InChI=1S/C14H24N2O3/c1-3-5-6-11(4-2)9-18-10-12-7-8-19-13(12)14(17)16-15/h7-8,11H,3-6,9-10,15H2,1-2H3,(H,16,17). The van der Waals surface area contributed by atoms with E-state index in [2.05, 4.69) is 19.3 Å². The Morgan fingerprint density at radius 1 is 1.53 bits per heavy atom. The maximum atomic E-state index is 11.4. The number of hydrogen-bond donors (Lipinski definition) is 2. The first-order valence-corrected chi connectivity index (χ1v) is 6.87. The molecule has 1 amide bonds. The van der Waals surface area contributed by atoms with Crippen molar-refractivity contribution >= 4 is 5.91 Å². The first-order valence-electron chi connectivity index (χ1n) is 6.87. The predicted octanol–water partition coefficient (Wildman–Crippen LogP) is 2.62. The number of unbranched alkanes of at least 4 members (excludes halogenated alkanes) is 1. The van der Waals surface area contributed by atoms with Gasteiger partial charge in [-0.2, -0.15) is 0 Å². The molecule has 0 spiro atoms. The van der Waals surface area contributed by atoms with Gasteiger partial charge in [-0.15, -0.1) is 0 Å². The Hall–Kier alpha value is -1.33. The van der Waals surface area contributed by atoms with Gasteiger partial charge >= 0.3 is 5.91 Å². The van der Waals surface area contributed by atoms with Crippen molar-refractivity contribution < 1.29 is 13.9 Å². The molecule has 0 aliphatic carbocycles. The zero-order chi connectivity index (χ0) is 14.1. The van der Waals surface area contributed by atoms with E-state index >= 15 is 0 Å². The highest BCUT2D eigenvalue weighted by molar-refractivity contribution is 5.92. The topological polar surface area (TPSA) is 77.5 Å². The molecule has 3 N–H and O–H groups in total. The minimum absolute atomic E-state index is 0.226. The highest BCUT2D eigenvalue weighted by Gasteiger charge is 2.14. The van der Waals surface area contributed by atoms with Gasteiger partial charge in [0, 0.05) is 12.2 Å². The van der Waals surface area contributed by atoms with E-state index in [1.54, 1.807) is 6.07 Å². The van der Waals surface area contributed by atoms with Crippen molar-refractivity contribution in [1.82, 2.24) is 5.43 Å². The Balaban J connectivity index is 2.40. The number of amides is 1. The van der Waals surface area contributed by atoms with E-state index in [0.717, 1.165) is 12.0 Å². The summed E-state index contributed by atoms with van der Waals surface area (Å²) < 4.78 is 10.8. The maximum Gasteiger partial charge on any atom is 0.301 e. The second-order valence-electron chi connectivity index (χ2n) is 4.68. The molecule has 0 aromatic carbocycles. The van der Waals surface area contributed by atoms with Crippen LogP contribution >= 0.6 is 0 Å². The van der Waals surface area contributed by atoms with Gasteiger partial charge in [-0.3, -0.25) is 10.2 Å². The van der Waals surface area contributed by atoms with Crippen molar-refractivity contribution in [2.45, 2.75) is 46.1 Å². The molecule has 5 heteroatoms. The number of rotatable bonds is 9. The molecule has 1 heterocycles. The molecule has 0 radical (unpaired) electrons. The highest BCUT2D eigenvalue weighted by Crippen LogP contribution is 2.16. The molecule has 0 aliphatic heterocycles. The largest absolute Gasteiger partial charge is 0.459 e. The third-order valence-electron chi connectivity index (χ3n) is 3.24. The average Bonchev–Trinajstić information content (AvgIpc) is 2.90. The van der Waals surface area contributed by atoms with E-state index in [4.69, 9.17) is 15.0 Å². The molecule has 0 bridgehead atoms. The van der Waals surface area contributed by atoms with Crippen molar-refractivity contribution in [1.29, 1.82) is 0 Å². The number of ether oxygens (including phenoxy) is 1. The summed E-state index contributed by atoms with van der Waals surface area (Å²) in [6.07, 6.45) is 6.21. The van der Waals surface area contributed by atoms with Gasteiger partial charge in [0.05, 0.1) is 12.9 Å². The number of hydrazine groups is 1. The number of furan rings is 1. The number of nitrogens with one attached hydrogen (secondary N) is 1. The summed E-state index contributed by atoms with van der Waals surface area (Å²) in [5.74, 6) is 5.46. The van der Waals surface area contributed by atoms with Crippen LogP contribution in [0, 0.1) is 5.92 Å². The molecular weight excluding hydrogens is 244 g/mol. The van der Waals surface area contributed by atoms with Crippen molar-refractivity contribution in [3.8, 4) is 0 Å². The van der Waals surface area contributed by atoms with Crippen LogP contribution in [0.3, 0.4) is 0 Å². The zero-order valence-electron chi connectivity index (χ0n) is 11.8. The Bertz CT molecular complexity index is 377. The molecule has 1 aromatic rings. The van der Waals surface area contributed by atoms with E-state index in [-0.39, 0.29) is 5.76 Å². The fraction of sp³-hybridized carbons (Fsp3) is 0.643. The number of carbonyl (C=O) groups is 1. The number of carbonyl (C=O) groups excluding carboxylic acids is 1. The normalized spacial score (nSPS) is 12.4. The van der Waals surface area contributed by atoms with Crippen LogP contribution < -0.4 is 11.3 Å². The molecule has 0 fully saturated rings. The minimum atomic E-state index is -0.429. The Morgan fingerprint density at radius 2 is 2.32 bits per heavy atom. The van der Waals surface area contributed by atoms with Crippen LogP contribution in [0.1, 0.15) is 55.6 Å². The van der Waals surface area contributed by atoms with E-state index < -0.39 is 5.91 Å². The summed E-state index contributed by atoms with van der Waals surface area (Å²) in [6.45, 7) is 5.46. The lowest BCUT2D eigenvalue weighted by Gasteiger charge is -2.14. The average molecular weight is 268 g/mol. The van der Waals surface area contributed by atoms with Gasteiger partial charge in [0.25, 0.3) is 0 Å². The summed E-state index contributed by atoms with van der Waals surface area (Å²) in [7, 11) is 0. The van der Waals surface area contributed by atoms with Crippen molar-refractivity contribution in [3.05, 3.63) is 23.7 Å². The SMILES string of the molecule is CCCCC(CC)COCc1ccoc1C(=O)NN. The summed E-state index contributed by atoms with van der Waals surface area (Å²) in [5, 5.41) is 0. The van der Waals surface area contributed by atoms with Gasteiger partial charge in [-0.05, 0) is 18.4 Å². The molecule has 5 nitrogen and oxygen atoms in total. The zero-order valence-corrected chi connectivity index (χ0v) is 11.8. The maximum absolute atomic E-state index is 11.4. The third kappa shape index (κ3) is 5.04. The lowest BCUT2D eigenvalue weighted by molar-refractivity contribution is 0.0786. The van der Waals surface area contributed by atoms with Gasteiger partial charge in [-0.25, -0.2) is 5.84 Å². The second-order valence-corrected chi connectivity index (χ2v) is 4.68. The van der Waals surface area contributed by atoms with E-state index in [1.807, 2.05) is 0 Å². The quantitative estimate of drug-likeness (QED) is 0.410. The number of nitrogens with two attached hydrogens (primary N) is 1.